The van der Waals surface area contributed by atoms with Gasteiger partial charge in [0, 0.05) is 6.04 Å². The quantitative estimate of drug-likeness (QED) is 0.870. The highest BCUT2D eigenvalue weighted by Crippen LogP contribution is 2.40. The Morgan fingerprint density at radius 3 is 2.67 bits per heavy atom. The van der Waals surface area contributed by atoms with Crippen LogP contribution in [0.2, 0.25) is 0 Å². The number of hydrogen-bond donors (Lipinski definition) is 2. The van der Waals surface area contributed by atoms with Gasteiger partial charge in [-0.2, -0.15) is 0 Å². The van der Waals surface area contributed by atoms with Gasteiger partial charge in [0.2, 0.25) is 0 Å². The van der Waals surface area contributed by atoms with Crippen molar-refractivity contribution < 1.29 is 9.52 Å². The van der Waals surface area contributed by atoms with Crippen LogP contribution in [0.1, 0.15) is 31.4 Å². The van der Waals surface area contributed by atoms with Gasteiger partial charge in [-0.25, -0.2) is 0 Å². The standard InChI is InChI=1S/C11H16BrNO2/c1-13-8-2-5-11(14,6-3-8)10-9(12)4-7-15-10/h4,7-8,13-14H,2-3,5-6H2,1H3. The van der Waals surface area contributed by atoms with Crippen molar-refractivity contribution in [2.45, 2.75) is 37.3 Å². The molecule has 1 heterocycles. The second kappa shape index (κ2) is 4.28. The zero-order valence-electron chi connectivity index (χ0n) is 8.79. The van der Waals surface area contributed by atoms with E-state index >= 15 is 0 Å². The molecule has 3 nitrogen and oxygen atoms in total. The van der Waals surface area contributed by atoms with Crippen LogP contribution in [0.25, 0.3) is 0 Å². The third-order valence-electron chi connectivity index (χ3n) is 3.26. The fraction of sp³-hybridized carbons (Fsp3) is 0.636. The minimum Gasteiger partial charge on any atom is -0.465 e. The number of furan rings is 1. The number of hydrogen-bond acceptors (Lipinski definition) is 3. The van der Waals surface area contributed by atoms with Gasteiger partial charge in [-0.05, 0) is 54.7 Å². The zero-order valence-corrected chi connectivity index (χ0v) is 10.4. The van der Waals surface area contributed by atoms with Crippen LogP contribution in [-0.2, 0) is 5.60 Å². The van der Waals surface area contributed by atoms with Gasteiger partial charge >= 0.3 is 0 Å². The van der Waals surface area contributed by atoms with Crippen LogP contribution in [0, 0.1) is 0 Å². The Hall–Kier alpha value is -0.320. The molecule has 0 spiro atoms. The highest BCUT2D eigenvalue weighted by atomic mass is 79.9. The van der Waals surface area contributed by atoms with Gasteiger partial charge in [0.15, 0.2) is 0 Å². The average molecular weight is 274 g/mol. The second-order valence-electron chi connectivity index (χ2n) is 4.19. The normalized spacial score (nSPS) is 31.8. The lowest BCUT2D eigenvalue weighted by atomic mass is 9.81. The summed E-state index contributed by atoms with van der Waals surface area (Å²) in [6.45, 7) is 0. The number of halogens is 1. The molecule has 1 fully saturated rings. The van der Waals surface area contributed by atoms with E-state index < -0.39 is 5.60 Å². The molecule has 2 N–H and O–H groups in total. The molecule has 15 heavy (non-hydrogen) atoms. The Morgan fingerprint density at radius 2 is 2.20 bits per heavy atom. The van der Waals surface area contributed by atoms with Gasteiger partial charge in [0.05, 0.1) is 10.7 Å². The Morgan fingerprint density at radius 1 is 1.53 bits per heavy atom. The summed E-state index contributed by atoms with van der Waals surface area (Å²) in [6.07, 6.45) is 5.09. The van der Waals surface area contributed by atoms with Crippen LogP contribution >= 0.6 is 15.9 Å². The summed E-state index contributed by atoms with van der Waals surface area (Å²) in [6, 6.07) is 2.36. The average Bonchev–Trinajstić information content (AvgIpc) is 2.66. The van der Waals surface area contributed by atoms with E-state index in [9.17, 15) is 5.11 Å². The van der Waals surface area contributed by atoms with E-state index in [0.717, 1.165) is 30.2 Å². The van der Waals surface area contributed by atoms with Gasteiger partial charge in [-0.15, -0.1) is 0 Å². The molecule has 0 unspecified atom stereocenters. The topological polar surface area (TPSA) is 45.4 Å². The molecule has 4 heteroatoms. The zero-order chi connectivity index (χ0) is 10.9. The summed E-state index contributed by atoms with van der Waals surface area (Å²) in [5.74, 6) is 0.678. The fourth-order valence-corrected chi connectivity index (χ4v) is 2.81. The molecule has 1 aliphatic rings. The van der Waals surface area contributed by atoms with Crippen molar-refractivity contribution in [3.63, 3.8) is 0 Å². The smallest absolute Gasteiger partial charge is 0.149 e. The van der Waals surface area contributed by atoms with E-state index in [2.05, 4.69) is 21.2 Å². The summed E-state index contributed by atoms with van der Waals surface area (Å²) in [5.41, 5.74) is -0.782. The lowest BCUT2D eigenvalue weighted by Gasteiger charge is -2.34. The van der Waals surface area contributed by atoms with Crippen LogP contribution in [0.5, 0.6) is 0 Å². The number of rotatable bonds is 2. The van der Waals surface area contributed by atoms with Crippen LogP contribution < -0.4 is 5.32 Å². The van der Waals surface area contributed by atoms with Crippen molar-refractivity contribution in [3.8, 4) is 0 Å². The molecule has 0 radical (unpaired) electrons. The van der Waals surface area contributed by atoms with Gasteiger partial charge in [0.1, 0.15) is 11.4 Å². The second-order valence-corrected chi connectivity index (χ2v) is 5.05. The lowest BCUT2D eigenvalue weighted by Crippen LogP contribution is -2.38. The molecule has 1 aromatic heterocycles. The SMILES string of the molecule is CNC1CCC(O)(c2occc2Br)CC1. The predicted octanol–water partition coefficient (Wildman–Crippen LogP) is 2.39. The van der Waals surface area contributed by atoms with E-state index in [0.29, 0.717) is 11.8 Å². The number of aliphatic hydroxyl groups is 1. The maximum absolute atomic E-state index is 10.5. The molecule has 0 bridgehead atoms. The van der Waals surface area contributed by atoms with E-state index in [4.69, 9.17) is 4.42 Å². The molecule has 0 aromatic carbocycles. The Kier molecular flexibility index (Phi) is 3.19. The summed E-state index contributed by atoms with van der Waals surface area (Å²) in [4.78, 5) is 0. The Labute approximate surface area is 98.0 Å². The highest BCUT2D eigenvalue weighted by molar-refractivity contribution is 9.10. The summed E-state index contributed by atoms with van der Waals surface area (Å²) in [5, 5.41) is 13.7. The summed E-state index contributed by atoms with van der Waals surface area (Å²) >= 11 is 3.40. The first kappa shape index (κ1) is 11.2. The number of nitrogens with one attached hydrogen (secondary N) is 1. The first-order chi connectivity index (χ1) is 7.15. The van der Waals surface area contributed by atoms with E-state index in [1.807, 2.05) is 13.1 Å². The lowest BCUT2D eigenvalue weighted by molar-refractivity contribution is -0.0268. The van der Waals surface area contributed by atoms with E-state index in [1.54, 1.807) is 6.26 Å². The minimum atomic E-state index is -0.782. The fourth-order valence-electron chi connectivity index (χ4n) is 2.24. The molecular weight excluding hydrogens is 258 g/mol. The maximum Gasteiger partial charge on any atom is 0.149 e. The summed E-state index contributed by atoms with van der Waals surface area (Å²) < 4.78 is 6.23. The van der Waals surface area contributed by atoms with Crippen molar-refractivity contribution in [2.24, 2.45) is 0 Å². The van der Waals surface area contributed by atoms with Crippen molar-refractivity contribution in [2.75, 3.05) is 7.05 Å². The molecular formula is C11H16BrNO2. The first-order valence-electron chi connectivity index (χ1n) is 5.29. The molecule has 84 valence electrons. The van der Waals surface area contributed by atoms with Gasteiger partial charge in [-0.1, -0.05) is 0 Å². The molecule has 2 rings (SSSR count). The van der Waals surface area contributed by atoms with E-state index in [-0.39, 0.29) is 0 Å². The Bertz CT molecular complexity index is 329. The minimum absolute atomic E-state index is 0.527. The molecule has 1 saturated carbocycles. The van der Waals surface area contributed by atoms with Crippen LogP contribution in [0.15, 0.2) is 21.2 Å². The largest absolute Gasteiger partial charge is 0.465 e. The van der Waals surface area contributed by atoms with Crippen LogP contribution in [0.3, 0.4) is 0 Å². The first-order valence-corrected chi connectivity index (χ1v) is 6.08. The predicted molar refractivity (Wildman–Crippen MR) is 61.6 cm³/mol. The van der Waals surface area contributed by atoms with Crippen molar-refractivity contribution >= 4 is 15.9 Å². The molecule has 0 atom stereocenters. The van der Waals surface area contributed by atoms with E-state index in [1.165, 1.54) is 0 Å². The van der Waals surface area contributed by atoms with Gasteiger partial charge < -0.3 is 14.8 Å². The molecule has 0 amide bonds. The third kappa shape index (κ3) is 2.12. The van der Waals surface area contributed by atoms with Crippen molar-refractivity contribution in [1.29, 1.82) is 0 Å². The maximum atomic E-state index is 10.5. The molecule has 1 aliphatic carbocycles. The highest BCUT2D eigenvalue weighted by Gasteiger charge is 2.38. The van der Waals surface area contributed by atoms with Crippen LogP contribution in [-0.4, -0.2) is 18.2 Å². The summed E-state index contributed by atoms with van der Waals surface area (Å²) in [7, 11) is 1.97. The molecule has 1 aromatic rings. The monoisotopic (exact) mass is 273 g/mol. The third-order valence-corrected chi connectivity index (χ3v) is 3.89. The van der Waals surface area contributed by atoms with Gasteiger partial charge in [-0.3, -0.25) is 0 Å². The molecule has 0 saturated heterocycles. The van der Waals surface area contributed by atoms with Gasteiger partial charge in [0.25, 0.3) is 0 Å². The Balaban J connectivity index is 2.13. The van der Waals surface area contributed by atoms with Crippen molar-refractivity contribution in [1.82, 2.24) is 5.32 Å². The van der Waals surface area contributed by atoms with Crippen LogP contribution in [0.4, 0.5) is 0 Å². The van der Waals surface area contributed by atoms with Crippen molar-refractivity contribution in [3.05, 3.63) is 22.6 Å². The molecule has 0 aliphatic heterocycles.